The molecule has 0 spiro atoms. The van der Waals surface area contributed by atoms with Crippen molar-refractivity contribution in [3.8, 4) is 0 Å². The molecule has 0 aromatic carbocycles. The van der Waals surface area contributed by atoms with Crippen molar-refractivity contribution >= 4 is 0 Å². The van der Waals surface area contributed by atoms with E-state index in [0.29, 0.717) is 13.2 Å². The van der Waals surface area contributed by atoms with Gasteiger partial charge in [0, 0.05) is 13.2 Å². The van der Waals surface area contributed by atoms with E-state index in [4.69, 9.17) is 13.5 Å². The van der Waals surface area contributed by atoms with Gasteiger partial charge in [0.25, 0.3) is 0 Å². The molecule has 0 aromatic rings. The fourth-order valence-corrected chi connectivity index (χ4v) is 3.20. The van der Waals surface area contributed by atoms with Crippen molar-refractivity contribution in [1.29, 1.82) is 0 Å². The number of aliphatic hydroxyl groups excluding tert-OH is 2. The maximum atomic E-state index is 8.57. The third-order valence-electron chi connectivity index (χ3n) is 5.02. The van der Waals surface area contributed by atoms with Gasteiger partial charge in [-0.1, -0.05) is 129 Å². The first-order chi connectivity index (χ1) is 16.7. The number of hydrogen-bond acceptors (Lipinski definition) is 3. The van der Waals surface area contributed by atoms with Crippen molar-refractivity contribution in [2.75, 3.05) is 13.2 Å². The quantitative estimate of drug-likeness (QED) is 0.0950. The van der Waals surface area contributed by atoms with Crippen LogP contribution in [0.15, 0.2) is 0 Å². The second-order valence-electron chi connectivity index (χ2n) is 8.97. The minimum absolute atomic E-state index is 0.372. The Morgan fingerprint density at radius 2 is 0.559 bits per heavy atom. The molecule has 34 heavy (non-hydrogen) atoms. The van der Waals surface area contributed by atoms with E-state index in [1.54, 1.807) is 0 Å². The van der Waals surface area contributed by atoms with Gasteiger partial charge in [-0.05, 0) is 12.8 Å². The topological polar surface area (TPSA) is 57.5 Å². The van der Waals surface area contributed by atoms with E-state index in [-0.39, 0.29) is 0 Å². The van der Waals surface area contributed by atoms with E-state index in [2.05, 4.69) is 13.8 Å². The first-order valence-electron chi connectivity index (χ1n) is 14.6. The molecule has 3 nitrogen and oxygen atoms in total. The summed E-state index contributed by atoms with van der Waals surface area (Å²) in [6, 6.07) is 0. The molecule has 0 unspecified atom stereocenters. The molecular weight excluding hydrogens is 456 g/mol. The summed E-state index contributed by atoms with van der Waals surface area (Å²) in [5, 5.41) is 17.1. The minimum atomic E-state index is 0.372. The Balaban J connectivity index is -0.000000126. The summed E-state index contributed by atoms with van der Waals surface area (Å²) in [4.78, 5) is 0. The van der Waals surface area contributed by atoms with Gasteiger partial charge >= 0.3 is 23.7 Å². The van der Waals surface area contributed by atoms with Gasteiger partial charge in [-0.3, -0.25) is 0 Å². The molecule has 0 fully saturated rings. The summed E-state index contributed by atoms with van der Waals surface area (Å²) in [5.41, 5.74) is 0. The summed E-state index contributed by atoms with van der Waals surface area (Å²) in [5.74, 6) is 0. The van der Waals surface area contributed by atoms with Crippen LogP contribution in [0.3, 0.4) is 0 Å². The number of rotatable bonds is 20. The van der Waals surface area contributed by atoms with E-state index in [1.807, 2.05) is 40.5 Å². The van der Waals surface area contributed by atoms with Gasteiger partial charge in [0.05, 0.1) is 0 Å². The van der Waals surface area contributed by atoms with Crippen LogP contribution in [0.2, 0.25) is 0 Å². The van der Waals surface area contributed by atoms with Gasteiger partial charge < -0.3 is 23.1 Å². The molecule has 0 aromatic heterocycles. The van der Waals surface area contributed by atoms with Crippen LogP contribution < -0.4 is 0 Å². The molecular formula is C30H66O3Ti. The predicted molar refractivity (Wildman–Crippen MR) is 150 cm³/mol. The number of aliphatic hydroxyl groups is 2. The van der Waals surface area contributed by atoms with Crippen LogP contribution in [0, 0.1) is 12.8 Å². The molecule has 0 atom stereocenters. The van der Waals surface area contributed by atoms with E-state index in [9.17, 15) is 0 Å². The molecule has 0 heterocycles. The van der Waals surface area contributed by atoms with Gasteiger partial charge in [0.2, 0.25) is 0 Å². The van der Waals surface area contributed by atoms with E-state index >= 15 is 0 Å². The van der Waals surface area contributed by atoms with Crippen LogP contribution in [-0.2, 0) is 23.7 Å². The van der Waals surface area contributed by atoms with Crippen molar-refractivity contribution in [2.24, 2.45) is 0 Å². The van der Waals surface area contributed by atoms with Crippen molar-refractivity contribution in [3.05, 3.63) is 12.8 Å². The zero-order chi connectivity index (χ0) is 27.0. The molecule has 0 bridgehead atoms. The van der Waals surface area contributed by atoms with E-state index in [1.165, 1.54) is 116 Å². The summed E-state index contributed by atoms with van der Waals surface area (Å²) in [6.07, 6.45) is 30.6. The standard InChI is InChI=1S/2C12H26O.2C3H7.O.Ti/c2*1-2-3-4-5-6-7-8-9-10-11-12-13;2*1-3-2;;/h2*13H,2-12H2,1H3;2*3H,1-2H3;;/q;;2*-1;;+2. The average molecular weight is 523 g/mol. The van der Waals surface area contributed by atoms with E-state index < -0.39 is 0 Å². The van der Waals surface area contributed by atoms with Crippen LogP contribution in [0.25, 0.3) is 0 Å². The van der Waals surface area contributed by atoms with Gasteiger partial charge in [0.15, 0.2) is 0 Å². The normalized spacial score (nSPS) is 9.35. The predicted octanol–water partition coefficient (Wildman–Crippen LogP) is 10.1. The van der Waals surface area contributed by atoms with Crippen molar-refractivity contribution in [2.45, 2.75) is 170 Å². The maximum absolute atomic E-state index is 8.57. The molecule has 208 valence electrons. The van der Waals surface area contributed by atoms with Crippen molar-refractivity contribution in [1.82, 2.24) is 0 Å². The molecule has 0 aliphatic heterocycles. The van der Waals surface area contributed by atoms with E-state index in [0.717, 1.165) is 33.2 Å². The summed E-state index contributed by atoms with van der Waals surface area (Å²) in [7, 11) is 0. The van der Waals surface area contributed by atoms with Crippen LogP contribution in [0.4, 0.5) is 0 Å². The Hall–Kier alpha value is 0.434. The monoisotopic (exact) mass is 522 g/mol. The SMILES string of the molecule is CCCCCCCCCCCCO.CCCCCCCCCCCCO.C[CH-]C.C[CH-]C.[O]=[Ti+2]. The second kappa shape index (κ2) is 58.9. The Bertz CT molecular complexity index is 209. The molecule has 0 amide bonds. The molecule has 0 rings (SSSR count). The molecule has 2 N–H and O–H groups in total. The van der Waals surface area contributed by atoms with Gasteiger partial charge in [0.1, 0.15) is 0 Å². The Labute approximate surface area is 229 Å². The van der Waals surface area contributed by atoms with Crippen LogP contribution >= 0.6 is 0 Å². The molecule has 0 radical (unpaired) electrons. The molecule has 0 saturated carbocycles. The Morgan fingerprint density at radius 3 is 0.706 bits per heavy atom. The van der Waals surface area contributed by atoms with Crippen molar-refractivity contribution in [3.63, 3.8) is 0 Å². The molecule has 4 heteroatoms. The summed E-state index contributed by atoms with van der Waals surface area (Å²) < 4.78 is 8.25. The van der Waals surface area contributed by atoms with Crippen molar-refractivity contribution < 1.29 is 33.9 Å². The average Bonchev–Trinajstić information content (AvgIpc) is 2.85. The summed E-state index contributed by atoms with van der Waals surface area (Å²) >= 11 is 0.750. The van der Waals surface area contributed by atoms with Gasteiger partial charge in [-0.2, -0.15) is 27.7 Å². The molecule has 0 aliphatic carbocycles. The van der Waals surface area contributed by atoms with Crippen LogP contribution in [0.5, 0.6) is 0 Å². The van der Waals surface area contributed by atoms with Crippen LogP contribution in [-0.4, -0.2) is 23.4 Å². The number of hydrogen-bond donors (Lipinski definition) is 2. The van der Waals surface area contributed by atoms with Crippen LogP contribution in [0.1, 0.15) is 170 Å². The Kier molecular flexibility index (Phi) is 77.0. The second-order valence-corrected chi connectivity index (χ2v) is 8.97. The number of unbranched alkanes of at least 4 members (excludes halogenated alkanes) is 18. The first-order valence-corrected chi connectivity index (χ1v) is 15.2. The van der Waals surface area contributed by atoms with Gasteiger partial charge in [-0.15, -0.1) is 0 Å². The Morgan fingerprint density at radius 1 is 0.412 bits per heavy atom. The fraction of sp³-hybridized carbons (Fsp3) is 0.933. The zero-order valence-corrected chi connectivity index (χ0v) is 26.1. The first kappa shape index (κ1) is 44.4. The fourth-order valence-electron chi connectivity index (χ4n) is 3.20. The molecule has 0 aliphatic rings. The zero-order valence-electron chi connectivity index (χ0n) is 24.5. The summed E-state index contributed by atoms with van der Waals surface area (Å²) in [6.45, 7) is 13.3. The third-order valence-corrected chi connectivity index (χ3v) is 5.02. The molecule has 0 saturated heterocycles. The third kappa shape index (κ3) is 76.8. The van der Waals surface area contributed by atoms with Gasteiger partial charge in [-0.25, -0.2) is 0 Å².